The average molecular weight is 307 g/mol. The number of nitrogens with zero attached hydrogens (tertiary/aromatic N) is 2. The minimum atomic E-state index is -0.455. The van der Waals surface area contributed by atoms with E-state index < -0.39 is 6.04 Å². The Balaban J connectivity index is 1.76. The van der Waals surface area contributed by atoms with E-state index in [1.54, 1.807) is 24.4 Å². The smallest absolute Gasteiger partial charge is 0.237 e. The highest BCUT2D eigenvalue weighted by Gasteiger charge is 2.43. The van der Waals surface area contributed by atoms with Crippen molar-refractivity contribution in [2.75, 3.05) is 13.1 Å². The fourth-order valence-corrected chi connectivity index (χ4v) is 3.55. The van der Waals surface area contributed by atoms with Crippen LogP contribution in [0.1, 0.15) is 27.7 Å². The average Bonchev–Trinajstić information content (AvgIpc) is 2.62. The predicted molar refractivity (Wildman–Crippen MR) is 85.0 cm³/mol. The van der Waals surface area contributed by atoms with Gasteiger partial charge in [-0.1, -0.05) is 30.3 Å². The number of benzene rings is 1. The number of Topliss-reactive ketones (excluding diaryl/α,β-unsaturated/α-hetero) is 1. The molecular formula is C18H17N3O2. The summed E-state index contributed by atoms with van der Waals surface area (Å²) in [6, 6.07) is 12.7. The fourth-order valence-electron chi connectivity index (χ4n) is 3.55. The molecule has 0 spiro atoms. The van der Waals surface area contributed by atoms with Gasteiger partial charge in [0.15, 0.2) is 5.78 Å². The van der Waals surface area contributed by atoms with Gasteiger partial charge in [-0.25, -0.2) is 0 Å². The largest absolute Gasteiger partial charge is 0.332 e. The lowest BCUT2D eigenvalue weighted by Crippen LogP contribution is -2.60. The van der Waals surface area contributed by atoms with E-state index in [2.05, 4.69) is 16.4 Å². The first-order valence-corrected chi connectivity index (χ1v) is 7.81. The molecule has 0 saturated carbocycles. The summed E-state index contributed by atoms with van der Waals surface area (Å²) in [4.78, 5) is 31.2. The van der Waals surface area contributed by atoms with Crippen LogP contribution in [-0.2, 0) is 11.2 Å². The number of amides is 1. The van der Waals surface area contributed by atoms with Crippen molar-refractivity contribution >= 4 is 11.7 Å². The Kier molecular flexibility index (Phi) is 3.42. The monoisotopic (exact) mass is 307 g/mol. The summed E-state index contributed by atoms with van der Waals surface area (Å²) in [6.07, 6.45) is 2.46. The summed E-state index contributed by atoms with van der Waals surface area (Å²) in [5.74, 6) is -0.0145. The Morgan fingerprint density at radius 1 is 1.17 bits per heavy atom. The number of nitrogens with one attached hydrogen (secondary N) is 1. The Labute approximate surface area is 134 Å². The van der Waals surface area contributed by atoms with Gasteiger partial charge in [0.25, 0.3) is 0 Å². The Morgan fingerprint density at radius 3 is 2.83 bits per heavy atom. The number of hydrogen-bond donors (Lipinski definition) is 1. The van der Waals surface area contributed by atoms with Crippen molar-refractivity contribution in [1.82, 2.24) is 15.2 Å². The van der Waals surface area contributed by atoms with Gasteiger partial charge in [0, 0.05) is 12.7 Å². The van der Waals surface area contributed by atoms with Gasteiger partial charge in [-0.05, 0) is 29.7 Å². The number of carbonyl (C=O) groups is 2. The number of pyridine rings is 1. The van der Waals surface area contributed by atoms with Gasteiger partial charge >= 0.3 is 0 Å². The maximum Gasteiger partial charge on any atom is 0.237 e. The Bertz CT molecular complexity index is 760. The molecular weight excluding hydrogens is 290 g/mol. The molecule has 0 aliphatic carbocycles. The van der Waals surface area contributed by atoms with Crippen molar-refractivity contribution in [2.24, 2.45) is 0 Å². The van der Waals surface area contributed by atoms with Crippen molar-refractivity contribution in [3.63, 3.8) is 0 Å². The second kappa shape index (κ2) is 5.59. The van der Waals surface area contributed by atoms with E-state index in [-0.39, 0.29) is 24.3 Å². The molecule has 1 aromatic heterocycles. The minimum absolute atomic E-state index is 0.0505. The van der Waals surface area contributed by atoms with E-state index in [9.17, 15) is 9.59 Å². The first-order valence-electron chi connectivity index (χ1n) is 7.81. The van der Waals surface area contributed by atoms with E-state index in [0.29, 0.717) is 12.2 Å². The Hall–Kier alpha value is -2.53. The molecule has 5 heteroatoms. The second-order valence-corrected chi connectivity index (χ2v) is 5.92. The molecule has 0 radical (unpaired) electrons. The number of fused-ring (bicyclic) bond motifs is 3. The van der Waals surface area contributed by atoms with Crippen LogP contribution < -0.4 is 5.32 Å². The lowest BCUT2D eigenvalue weighted by Gasteiger charge is -2.44. The highest BCUT2D eigenvalue weighted by molar-refractivity contribution is 6.00. The molecule has 5 nitrogen and oxygen atoms in total. The Morgan fingerprint density at radius 2 is 2.00 bits per heavy atom. The third kappa shape index (κ3) is 2.33. The summed E-state index contributed by atoms with van der Waals surface area (Å²) in [6.45, 7) is 0.857. The van der Waals surface area contributed by atoms with Crippen molar-refractivity contribution in [1.29, 1.82) is 0 Å². The number of aromatic nitrogens is 1. The van der Waals surface area contributed by atoms with Gasteiger partial charge in [0.1, 0.15) is 5.69 Å². The van der Waals surface area contributed by atoms with Gasteiger partial charge in [-0.2, -0.15) is 0 Å². The van der Waals surface area contributed by atoms with E-state index >= 15 is 0 Å². The zero-order valence-electron chi connectivity index (χ0n) is 12.6. The second-order valence-electron chi connectivity index (χ2n) is 5.92. The molecule has 1 amide bonds. The lowest BCUT2D eigenvalue weighted by molar-refractivity contribution is -0.136. The number of rotatable bonds is 2. The van der Waals surface area contributed by atoms with Crippen LogP contribution in [0, 0.1) is 0 Å². The highest BCUT2D eigenvalue weighted by Crippen LogP contribution is 2.35. The van der Waals surface area contributed by atoms with Crippen LogP contribution in [0.2, 0.25) is 0 Å². The van der Waals surface area contributed by atoms with E-state index in [1.165, 1.54) is 5.56 Å². The fraction of sp³-hybridized carbons (Fsp3) is 0.278. The van der Waals surface area contributed by atoms with Gasteiger partial charge < -0.3 is 4.90 Å². The van der Waals surface area contributed by atoms with Crippen LogP contribution in [-0.4, -0.2) is 40.7 Å². The number of hydrogen-bond acceptors (Lipinski definition) is 4. The number of carbonyl (C=O) groups excluding carboxylic acids is 2. The van der Waals surface area contributed by atoms with Crippen molar-refractivity contribution in [3.05, 3.63) is 65.5 Å². The number of piperazine rings is 1. The van der Waals surface area contributed by atoms with Gasteiger partial charge in [0.2, 0.25) is 5.91 Å². The van der Waals surface area contributed by atoms with Gasteiger partial charge in [0.05, 0.1) is 18.6 Å². The summed E-state index contributed by atoms with van der Waals surface area (Å²) in [5.41, 5.74) is 2.71. The first-order chi connectivity index (χ1) is 11.3. The van der Waals surface area contributed by atoms with Crippen molar-refractivity contribution in [2.45, 2.75) is 18.5 Å². The van der Waals surface area contributed by atoms with Crippen LogP contribution in [0.3, 0.4) is 0 Å². The normalized spacial score (nSPS) is 23.1. The van der Waals surface area contributed by atoms with E-state index in [0.717, 1.165) is 12.0 Å². The molecule has 116 valence electrons. The molecule has 4 rings (SSSR count). The zero-order valence-corrected chi connectivity index (χ0v) is 12.6. The molecule has 3 heterocycles. The van der Waals surface area contributed by atoms with Crippen molar-refractivity contribution < 1.29 is 9.59 Å². The molecule has 2 aromatic rings. The lowest BCUT2D eigenvalue weighted by atomic mass is 9.84. The third-order valence-electron chi connectivity index (χ3n) is 4.64. The molecule has 1 aromatic carbocycles. The summed E-state index contributed by atoms with van der Waals surface area (Å²) in [7, 11) is 0. The summed E-state index contributed by atoms with van der Waals surface area (Å²) < 4.78 is 0. The van der Waals surface area contributed by atoms with E-state index in [1.807, 2.05) is 23.1 Å². The van der Waals surface area contributed by atoms with Crippen LogP contribution in [0.4, 0.5) is 0 Å². The minimum Gasteiger partial charge on any atom is -0.332 e. The summed E-state index contributed by atoms with van der Waals surface area (Å²) in [5, 5.41) is 3.13. The maximum atomic E-state index is 12.9. The third-order valence-corrected chi connectivity index (χ3v) is 4.64. The SMILES string of the molecule is O=C(c1ccccn1)C1NCC(=O)N2CCc3ccccc3C12. The summed E-state index contributed by atoms with van der Waals surface area (Å²) >= 11 is 0. The molecule has 2 aliphatic heterocycles. The molecule has 2 aliphatic rings. The van der Waals surface area contributed by atoms with E-state index in [4.69, 9.17) is 0 Å². The van der Waals surface area contributed by atoms with Crippen LogP contribution >= 0.6 is 0 Å². The maximum absolute atomic E-state index is 12.9. The molecule has 23 heavy (non-hydrogen) atoms. The topological polar surface area (TPSA) is 62.3 Å². The van der Waals surface area contributed by atoms with Crippen LogP contribution in [0.5, 0.6) is 0 Å². The first kappa shape index (κ1) is 14.1. The van der Waals surface area contributed by atoms with Gasteiger partial charge in [-0.3, -0.25) is 19.9 Å². The highest BCUT2D eigenvalue weighted by atomic mass is 16.2. The predicted octanol–water partition coefficient (Wildman–Crippen LogP) is 1.36. The van der Waals surface area contributed by atoms with Crippen LogP contribution in [0.15, 0.2) is 48.7 Å². The molecule has 2 unspecified atom stereocenters. The standard InChI is InChI=1S/C18H17N3O2/c22-15-11-20-16(18(23)14-7-3-4-9-19-14)17-13-6-2-1-5-12(13)8-10-21(15)17/h1-7,9,16-17,20H,8,10-11H2. The molecule has 1 fully saturated rings. The molecule has 0 bridgehead atoms. The van der Waals surface area contributed by atoms with Crippen LogP contribution in [0.25, 0.3) is 0 Å². The molecule has 1 saturated heterocycles. The van der Waals surface area contributed by atoms with Gasteiger partial charge in [-0.15, -0.1) is 0 Å². The van der Waals surface area contributed by atoms with Crippen molar-refractivity contribution in [3.8, 4) is 0 Å². The zero-order chi connectivity index (χ0) is 15.8. The molecule has 1 N–H and O–H groups in total. The number of ketones is 1. The molecule has 2 atom stereocenters. The quantitative estimate of drug-likeness (QED) is 0.851.